The van der Waals surface area contributed by atoms with Crippen LogP contribution in [0, 0.1) is 0 Å². The minimum atomic E-state index is -0.705. The highest BCUT2D eigenvalue weighted by Gasteiger charge is 2.25. The van der Waals surface area contributed by atoms with E-state index in [0.29, 0.717) is 17.8 Å². The van der Waals surface area contributed by atoms with Crippen molar-refractivity contribution in [3.05, 3.63) is 34.4 Å². The van der Waals surface area contributed by atoms with Crippen LogP contribution in [0.3, 0.4) is 0 Å². The molecule has 1 aromatic rings. The quantitative estimate of drug-likeness (QED) is 0.377. The van der Waals surface area contributed by atoms with E-state index in [1.807, 2.05) is 13.8 Å². The molecule has 0 fully saturated rings. The van der Waals surface area contributed by atoms with Crippen LogP contribution in [-0.4, -0.2) is 11.8 Å². The molecular formula is C23H36O3. The SMILES string of the molecule is CCCCC(=O)C(=O)O[C@H](C)c1c(C(C)C)cc(C(C)C)cc1C(C)C. The van der Waals surface area contributed by atoms with Crippen LogP contribution in [0.1, 0.15) is 121 Å². The summed E-state index contributed by atoms with van der Waals surface area (Å²) in [6.45, 7) is 16.9. The molecule has 0 amide bonds. The Morgan fingerprint density at radius 2 is 1.38 bits per heavy atom. The summed E-state index contributed by atoms with van der Waals surface area (Å²) in [6.07, 6.45) is 1.45. The van der Waals surface area contributed by atoms with Crippen LogP contribution in [0.5, 0.6) is 0 Å². The Morgan fingerprint density at radius 3 is 1.77 bits per heavy atom. The molecule has 1 atom stereocenters. The van der Waals surface area contributed by atoms with Crippen molar-refractivity contribution in [2.45, 2.75) is 98.5 Å². The lowest BCUT2D eigenvalue weighted by Crippen LogP contribution is -2.21. The average molecular weight is 361 g/mol. The highest BCUT2D eigenvalue weighted by Crippen LogP contribution is 2.37. The minimum Gasteiger partial charge on any atom is -0.452 e. The van der Waals surface area contributed by atoms with E-state index in [4.69, 9.17) is 4.74 Å². The summed E-state index contributed by atoms with van der Waals surface area (Å²) in [5, 5.41) is 0. The van der Waals surface area contributed by atoms with Gasteiger partial charge in [0.25, 0.3) is 0 Å². The fourth-order valence-corrected chi connectivity index (χ4v) is 3.21. The maximum Gasteiger partial charge on any atom is 0.375 e. The van der Waals surface area contributed by atoms with Gasteiger partial charge in [0.2, 0.25) is 5.78 Å². The molecule has 0 aliphatic carbocycles. The topological polar surface area (TPSA) is 43.4 Å². The Hall–Kier alpha value is -1.64. The third-order valence-corrected chi connectivity index (χ3v) is 4.85. The van der Waals surface area contributed by atoms with E-state index >= 15 is 0 Å². The molecule has 0 N–H and O–H groups in total. The molecule has 26 heavy (non-hydrogen) atoms. The molecule has 0 spiro atoms. The van der Waals surface area contributed by atoms with Gasteiger partial charge in [0.05, 0.1) is 0 Å². The molecule has 0 bridgehead atoms. The first-order valence-corrected chi connectivity index (χ1v) is 10.0. The van der Waals surface area contributed by atoms with Crippen molar-refractivity contribution < 1.29 is 14.3 Å². The molecule has 3 nitrogen and oxygen atoms in total. The van der Waals surface area contributed by atoms with E-state index in [9.17, 15) is 9.59 Å². The van der Waals surface area contributed by atoms with E-state index < -0.39 is 17.9 Å². The largest absolute Gasteiger partial charge is 0.452 e. The van der Waals surface area contributed by atoms with Gasteiger partial charge in [0, 0.05) is 6.42 Å². The molecule has 0 aliphatic heterocycles. The summed E-state index contributed by atoms with van der Waals surface area (Å²) in [5.74, 6) is -0.0539. The molecule has 0 aromatic heterocycles. The van der Waals surface area contributed by atoms with Crippen LogP contribution in [-0.2, 0) is 14.3 Å². The molecule has 3 heteroatoms. The van der Waals surface area contributed by atoms with Crippen LogP contribution in [0.4, 0.5) is 0 Å². The van der Waals surface area contributed by atoms with Gasteiger partial charge in [-0.05, 0) is 53.4 Å². The van der Waals surface area contributed by atoms with Crippen LogP contribution in [0.2, 0.25) is 0 Å². The smallest absolute Gasteiger partial charge is 0.375 e. The maximum atomic E-state index is 12.2. The number of rotatable bonds is 9. The van der Waals surface area contributed by atoms with Crippen LogP contribution < -0.4 is 0 Å². The van der Waals surface area contributed by atoms with Crippen molar-refractivity contribution >= 4 is 11.8 Å². The van der Waals surface area contributed by atoms with Crippen molar-refractivity contribution in [2.75, 3.05) is 0 Å². The summed E-state index contributed by atoms with van der Waals surface area (Å²) < 4.78 is 5.59. The summed E-state index contributed by atoms with van der Waals surface area (Å²) in [7, 11) is 0. The number of esters is 1. The first kappa shape index (κ1) is 22.4. The first-order valence-electron chi connectivity index (χ1n) is 10.0. The highest BCUT2D eigenvalue weighted by atomic mass is 16.5. The number of carbonyl (C=O) groups excluding carboxylic acids is 2. The molecule has 1 aromatic carbocycles. The Balaban J connectivity index is 3.27. The van der Waals surface area contributed by atoms with Gasteiger partial charge >= 0.3 is 5.97 Å². The molecule has 1 rings (SSSR count). The van der Waals surface area contributed by atoms with Crippen molar-refractivity contribution in [3.8, 4) is 0 Å². The van der Waals surface area contributed by atoms with E-state index in [0.717, 1.165) is 18.4 Å². The Bertz CT molecular complexity index is 597. The fourth-order valence-electron chi connectivity index (χ4n) is 3.21. The molecule has 0 saturated heterocycles. The van der Waals surface area contributed by atoms with Crippen molar-refractivity contribution in [2.24, 2.45) is 0 Å². The Kier molecular flexibility index (Phi) is 8.52. The molecule has 0 unspecified atom stereocenters. The molecule has 0 aliphatic rings. The van der Waals surface area contributed by atoms with Crippen LogP contribution in [0.15, 0.2) is 12.1 Å². The van der Waals surface area contributed by atoms with Gasteiger partial charge in [-0.2, -0.15) is 0 Å². The Morgan fingerprint density at radius 1 is 0.885 bits per heavy atom. The van der Waals surface area contributed by atoms with Gasteiger partial charge in [-0.1, -0.05) is 67.0 Å². The van der Waals surface area contributed by atoms with Gasteiger partial charge in [-0.15, -0.1) is 0 Å². The molecular weight excluding hydrogens is 324 g/mol. The monoisotopic (exact) mass is 360 g/mol. The van der Waals surface area contributed by atoms with Gasteiger partial charge in [-0.25, -0.2) is 4.79 Å². The third-order valence-electron chi connectivity index (χ3n) is 4.85. The van der Waals surface area contributed by atoms with Gasteiger partial charge in [0.15, 0.2) is 0 Å². The van der Waals surface area contributed by atoms with E-state index in [-0.39, 0.29) is 6.42 Å². The highest BCUT2D eigenvalue weighted by molar-refractivity contribution is 6.33. The zero-order valence-electron chi connectivity index (χ0n) is 17.8. The van der Waals surface area contributed by atoms with Crippen LogP contribution in [0.25, 0.3) is 0 Å². The number of unbranched alkanes of at least 4 members (excludes halogenated alkanes) is 1. The number of ether oxygens (including phenoxy) is 1. The lowest BCUT2D eigenvalue weighted by atomic mass is 9.82. The summed E-state index contributed by atoms with van der Waals surface area (Å²) in [5.41, 5.74) is 4.79. The molecule has 146 valence electrons. The maximum absolute atomic E-state index is 12.2. The fraction of sp³-hybridized carbons (Fsp3) is 0.652. The second-order valence-corrected chi connectivity index (χ2v) is 8.15. The normalized spacial score (nSPS) is 12.7. The standard InChI is InChI=1S/C23H36O3/c1-9-10-11-21(24)23(25)26-17(8)22-19(15(4)5)12-18(14(2)3)13-20(22)16(6)7/h12-17H,9-11H2,1-8H3/t17-/m1/s1. The number of ketones is 1. The number of Topliss-reactive ketones (excluding diaryl/α,β-unsaturated/α-hetero) is 1. The zero-order valence-corrected chi connectivity index (χ0v) is 17.8. The second kappa shape index (κ2) is 9.89. The predicted molar refractivity (Wildman–Crippen MR) is 108 cm³/mol. The first-order chi connectivity index (χ1) is 12.1. The van der Waals surface area contributed by atoms with Crippen molar-refractivity contribution in [1.29, 1.82) is 0 Å². The van der Waals surface area contributed by atoms with Crippen LogP contribution >= 0.6 is 0 Å². The number of hydrogen-bond donors (Lipinski definition) is 0. The third kappa shape index (κ3) is 5.69. The molecule has 0 saturated carbocycles. The second-order valence-electron chi connectivity index (χ2n) is 8.15. The number of carbonyl (C=O) groups is 2. The summed E-state index contributed by atoms with van der Waals surface area (Å²) >= 11 is 0. The van der Waals surface area contributed by atoms with E-state index in [1.165, 1.54) is 16.7 Å². The average Bonchev–Trinajstić information content (AvgIpc) is 2.57. The minimum absolute atomic E-state index is 0.266. The van der Waals surface area contributed by atoms with Crippen molar-refractivity contribution in [1.82, 2.24) is 0 Å². The van der Waals surface area contributed by atoms with E-state index in [1.54, 1.807) is 0 Å². The van der Waals surface area contributed by atoms with Crippen molar-refractivity contribution in [3.63, 3.8) is 0 Å². The van der Waals surface area contributed by atoms with Gasteiger partial charge in [-0.3, -0.25) is 4.79 Å². The number of hydrogen-bond acceptors (Lipinski definition) is 3. The number of benzene rings is 1. The predicted octanol–water partition coefficient (Wildman–Crippen LogP) is 6.42. The molecule has 0 heterocycles. The van der Waals surface area contributed by atoms with Gasteiger partial charge in [0.1, 0.15) is 6.10 Å². The molecule has 0 radical (unpaired) electrons. The lowest BCUT2D eigenvalue weighted by molar-refractivity contribution is -0.157. The zero-order chi connectivity index (χ0) is 20.0. The summed E-state index contributed by atoms with van der Waals surface area (Å²) in [6, 6.07) is 4.47. The van der Waals surface area contributed by atoms with Gasteiger partial charge < -0.3 is 4.74 Å². The Labute approximate surface area is 159 Å². The van der Waals surface area contributed by atoms with E-state index in [2.05, 4.69) is 53.7 Å². The lowest BCUT2D eigenvalue weighted by Gasteiger charge is -2.26. The summed E-state index contributed by atoms with van der Waals surface area (Å²) in [4.78, 5) is 24.2.